The fourth-order valence-corrected chi connectivity index (χ4v) is 2.49. The summed E-state index contributed by atoms with van der Waals surface area (Å²) in [6, 6.07) is -0.0194. The maximum atomic E-state index is 14.1. The van der Waals surface area contributed by atoms with Crippen molar-refractivity contribution in [2.75, 3.05) is 6.61 Å². The number of hydrogen-bond donors (Lipinski definition) is 4. The zero-order chi connectivity index (χ0) is 18.0. The molecule has 2 rings (SSSR count). The van der Waals surface area contributed by atoms with Crippen molar-refractivity contribution in [2.24, 2.45) is 5.73 Å². The van der Waals surface area contributed by atoms with E-state index < -0.39 is 60.9 Å². The van der Waals surface area contributed by atoms with Crippen LogP contribution in [0.3, 0.4) is 0 Å². The molecule has 1 aliphatic heterocycles. The van der Waals surface area contributed by atoms with Crippen LogP contribution in [0.1, 0.15) is 12.6 Å². The Morgan fingerprint density at radius 3 is 2.67 bits per heavy atom. The summed E-state index contributed by atoms with van der Waals surface area (Å²) >= 11 is 0. The number of carboxylic acids is 1. The Hall–Kier alpha value is -2.08. The molecule has 11 heteroatoms. The Balaban J connectivity index is 2.34. The molecule has 1 aromatic rings. The van der Waals surface area contributed by atoms with E-state index in [9.17, 15) is 23.9 Å². The minimum absolute atomic E-state index is 0.375. The predicted octanol–water partition coefficient (Wildman–Crippen LogP) is -2.60. The van der Waals surface area contributed by atoms with Crippen molar-refractivity contribution < 1.29 is 29.2 Å². The van der Waals surface area contributed by atoms with Crippen molar-refractivity contribution >= 4 is 5.97 Å². The van der Waals surface area contributed by atoms with Crippen LogP contribution in [-0.4, -0.2) is 61.5 Å². The van der Waals surface area contributed by atoms with E-state index in [1.165, 1.54) is 0 Å². The zero-order valence-electron chi connectivity index (χ0n) is 12.5. The molecular weight excluding hydrogens is 329 g/mol. The van der Waals surface area contributed by atoms with Gasteiger partial charge >= 0.3 is 11.7 Å². The number of nitrogens with zero attached hydrogens (tertiary/aromatic N) is 2. The predicted molar refractivity (Wildman–Crippen MR) is 77.1 cm³/mol. The van der Waals surface area contributed by atoms with Gasteiger partial charge in [-0.3, -0.25) is 18.7 Å². The molecule has 2 heterocycles. The molecule has 0 aromatic carbocycles. The SMILES string of the molecule is NC(CC(=O)O)Cn1c(=O)ccn([C@@H]2O[C@H](CO)[C@@H](O)[C@H]2F)c1=O. The third-order valence-corrected chi connectivity index (χ3v) is 3.70. The summed E-state index contributed by atoms with van der Waals surface area (Å²) in [5.74, 6) is -1.19. The molecule has 0 radical (unpaired) electrons. The van der Waals surface area contributed by atoms with E-state index in [2.05, 4.69) is 0 Å². The third kappa shape index (κ3) is 3.53. The molecule has 0 spiro atoms. The van der Waals surface area contributed by atoms with Crippen LogP contribution >= 0.6 is 0 Å². The van der Waals surface area contributed by atoms with E-state index in [-0.39, 0.29) is 6.54 Å². The zero-order valence-corrected chi connectivity index (χ0v) is 12.5. The summed E-state index contributed by atoms with van der Waals surface area (Å²) in [5.41, 5.74) is 3.89. The standard InChI is InChI=1S/C13H18FN3O7/c14-10-11(22)7(5-18)24-12(10)16-2-1-8(19)17(13(16)23)4-6(15)3-9(20)21/h1-2,6-7,10-12,18,22H,3-5,15H2,(H,20,21)/t6?,7-,10-,11-,12-/m1/s1. The lowest BCUT2D eigenvalue weighted by Gasteiger charge is -2.18. The van der Waals surface area contributed by atoms with E-state index in [1.54, 1.807) is 0 Å². The number of aliphatic hydroxyl groups is 2. The van der Waals surface area contributed by atoms with Gasteiger partial charge in [0.2, 0.25) is 0 Å². The molecule has 24 heavy (non-hydrogen) atoms. The topological polar surface area (TPSA) is 157 Å². The van der Waals surface area contributed by atoms with Gasteiger partial charge in [-0.25, -0.2) is 9.18 Å². The van der Waals surface area contributed by atoms with Gasteiger partial charge in [-0.15, -0.1) is 0 Å². The molecule has 1 fully saturated rings. The average Bonchev–Trinajstić information content (AvgIpc) is 2.79. The lowest BCUT2D eigenvalue weighted by molar-refractivity contribution is -0.137. The summed E-state index contributed by atoms with van der Waals surface area (Å²) in [6.07, 6.45) is -5.79. The molecule has 5 atom stereocenters. The Bertz CT molecular complexity index is 718. The number of aliphatic carboxylic acids is 1. The molecule has 5 N–H and O–H groups in total. The lowest BCUT2D eigenvalue weighted by atomic mass is 10.1. The van der Waals surface area contributed by atoms with Gasteiger partial charge in [-0.05, 0) is 0 Å². The molecule has 0 aliphatic carbocycles. The van der Waals surface area contributed by atoms with Crippen LogP contribution in [0.25, 0.3) is 0 Å². The molecule has 10 nitrogen and oxygen atoms in total. The van der Waals surface area contributed by atoms with Gasteiger partial charge in [-0.2, -0.15) is 0 Å². The van der Waals surface area contributed by atoms with Crippen LogP contribution in [0.15, 0.2) is 21.9 Å². The average molecular weight is 347 g/mol. The highest BCUT2D eigenvalue weighted by Crippen LogP contribution is 2.30. The van der Waals surface area contributed by atoms with Gasteiger partial charge in [0.25, 0.3) is 5.56 Å². The number of rotatable bonds is 6. The molecule has 0 bridgehead atoms. The van der Waals surface area contributed by atoms with Gasteiger partial charge in [0.15, 0.2) is 12.4 Å². The number of carbonyl (C=O) groups is 1. The molecule has 0 saturated carbocycles. The first kappa shape index (κ1) is 18.3. The Kier molecular flexibility index (Phi) is 5.49. The first-order valence-corrected chi connectivity index (χ1v) is 7.14. The monoisotopic (exact) mass is 347 g/mol. The van der Waals surface area contributed by atoms with Crippen molar-refractivity contribution in [1.29, 1.82) is 0 Å². The van der Waals surface area contributed by atoms with Crippen molar-refractivity contribution in [3.8, 4) is 0 Å². The third-order valence-electron chi connectivity index (χ3n) is 3.70. The van der Waals surface area contributed by atoms with E-state index in [0.717, 1.165) is 16.8 Å². The van der Waals surface area contributed by atoms with Crippen molar-refractivity contribution in [3.05, 3.63) is 33.1 Å². The molecule has 1 aliphatic rings. The largest absolute Gasteiger partial charge is 0.481 e. The Labute approximate surface area is 134 Å². The van der Waals surface area contributed by atoms with Gasteiger partial charge in [0.05, 0.1) is 13.0 Å². The summed E-state index contributed by atoms with van der Waals surface area (Å²) < 4.78 is 20.7. The van der Waals surface area contributed by atoms with Crippen LogP contribution in [0.2, 0.25) is 0 Å². The van der Waals surface area contributed by atoms with Crippen LogP contribution in [0.5, 0.6) is 0 Å². The number of hydrogen-bond acceptors (Lipinski definition) is 7. The van der Waals surface area contributed by atoms with E-state index >= 15 is 0 Å². The van der Waals surface area contributed by atoms with E-state index in [4.69, 9.17) is 20.7 Å². The number of nitrogens with two attached hydrogens (primary N) is 1. The summed E-state index contributed by atoms with van der Waals surface area (Å²) in [7, 11) is 0. The summed E-state index contributed by atoms with van der Waals surface area (Å²) in [6.45, 7) is -1.02. The molecular formula is C13H18FN3O7. The van der Waals surface area contributed by atoms with Crippen molar-refractivity contribution in [2.45, 2.75) is 43.6 Å². The normalized spacial score (nSPS) is 28.0. The van der Waals surface area contributed by atoms with Crippen LogP contribution in [0, 0.1) is 0 Å². The summed E-state index contributed by atoms with van der Waals surface area (Å²) in [5, 5.41) is 27.3. The smallest absolute Gasteiger partial charge is 0.333 e. The number of ether oxygens (including phenoxy) is 1. The van der Waals surface area contributed by atoms with Crippen LogP contribution in [0.4, 0.5) is 4.39 Å². The van der Waals surface area contributed by atoms with Gasteiger partial charge in [0.1, 0.15) is 12.2 Å². The second kappa shape index (κ2) is 7.21. The Morgan fingerprint density at radius 1 is 1.46 bits per heavy atom. The first-order chi connectivity index (χ1) is 11.3. The van der Waals surface area contributed by atoms with Crippen LogP contribution in [-0.2, 0) is 16.1 Å². The maximum absolute atomic E-state index is 14.1. The maximum Gasteiger partial charge on any atom is 0.333 e. The van der Waals surface area contributed by atoms with E-state index in [0.29, 0.717) is 4.57 Å². The number of carboxylic acid groups (broad SMARTS) is 1. The quantitative estimate of drug-likeness (QED) is 0.436. The second-order valence-electron chi connectivity index (χ2n) is 5.50. The van der Waals surface area contributed by atoms with Gasteiger partial charge in [-0.1, -0.05) is 0 Å². The minimum Gasteiger partial charge on any atom is -0.481 e. The molecule has 0 amide bonds. The fourth-order valence-electron chi connectivity index (χ4n) is 2.49. The number of alkyl halides is 1. The molecule has 134 valence electrons. The fraction of sp³-hybridized carbons (Fsp3) is 0.615. The van der Waals surface area contributed by atoms with Gasteiger partial charge < -0.3 is 25.8 Å². The number of aliphatic hydroxyl groups excluding tert-OH is 2. The van der Waals surface area contributed by atoms with Crippen molar-refractivity contribution in [3.63, 3.8) is 0 Å². The van der Waals surface area contributed by atoms with Crippen LogP contribution < -0.4 is 17.0 Å². The highest BCUT2D eigenvalue weighted by Gasteiger charge is 2.45. The molecule has 1 unspecified atom stereocenters. The number of aromatic nitrogens is 2. The summed E-state index contributed by atoms with van der Waals surface area (Å²) in [4.78, 5) is 34.8. The van der Waals surface area contributed by atoms with Crippen molar-refractivity contribution in [1.82, 2.24) is 9.13 Å². The highest BCUT2D eigenvalue weighted by molar-refractivity contribution is 5.67. The second-order valence-corrected chi connectivity index (χ2v) is 5.50. The van der Waals surface area contributed by atoms with E-state index in [1.807, 2.05) is 0 Å². The Morgan fingerprint density at radius 2 is 2.12 bits per heavy atom. The minimum atomic E-state index is -1.99. The number of halogens is 1. The molecule has 1 saturated heterocycles. The first-order valence-electron chi connectivity index (χ1n) is 7.14. The molecule has 1 aromatic heterocycles. The lowest BCUT2D eigenvalue weighted by Crippen LogP contribution is -2.45. The highest BCUT2D eigenvalue weighted by atomic mass is 19.1. The van der Waals surface area contributed by atoms with Gasteiger partial charge in [0, 0.05) is 24.8 Å².